The van der Waals surface area contributed by atoms with Gasteiger partial charge < -0.3 is 5.73 Å². The lowest BCUT2D eigenvalue weighted by Gasteiger charge is -2.10. The zero-order valence-corrected chi connectivity index (χ0v) is 7.82. The molecule has 1 heterocycles. The molecule has 0 atom stereocenters. The van der Waals surface area contributed by atoms with Crippen LogP contribution in [0.5, 0.6) is 0 Å². The van der Waals surface area contributed by atoms with Crippen LogP contribution >= 0.6 is 0 Å². The summed E-state index contributed by atoms with van der Waals surface area (Å²) >= 11 is 0. The molecule has 1 amide bonds. The fourth-order valence-electron chi connectivity index (χ4n) is 1.45. The summed E-state index contributed by atoms with van der Waals surface area (Å²) in [7, 11) is 0. The van der Waals surface area contributed by atoms with Crippen LogP contribution in [0.1, 0.15) is 10.6 Å². The Balaban J connectivity index is 2.85. The van der Waals surface area contributed by atoms with Gasteiger partial charge in [0.15, 0.2) is 0 Å². The molecular weight excluding hydrogens is 223 g/mol. The Morgan fingerprint density at radius 1 is 1.31 bits per heavy atom. The summed E-state index contributed by atoms with van der Waals surface area (Å²) in [5.41, 5.74) is 4.74. The lowest BCUT2D eigenvalue weighted by Crippen LogP contribution is -2.25. The zero-order valence-electron chi connectivity index (χ0n) is 7.82. The largest absolute Gasteiger partial charge is 0.490 e. The molecule has 0 aliphatic carbocycles. The molecule has 4 nitrogen and oxygen atoms in total. The molecule has 0 fully saturated rings. The van der Waals surface area contributed by atoms with Crippen LogP contribution in [0.2, 0.25) is 0 Å². The first-order valence-corrected chi connectivity index (χ1v) is 4.26. The molecule has 0 radical (unpaired) electrons. The average Bonchev–Trinajstić information content (AvgIpc) is 2.55. The van der Waals surface area contributed by atoms with E-state index in [1.54, 1.807) is 0 Å². The number of rotatable bonds is 1. The number of nitrogens with two attached hydrogens (primary N) is 1. The number of hydrogen-bond donors (Lipinski definition) is 1. The third-order valence-electron chi connectivity index (χ3n) is 2.03. The number of amides is 1. The average molecular weight is 229 g/mol. The van der Waals surface area contributed by atoms with Gasteiger partial charge >= 0.3 is 6.30 Å². The topological polar surface area (TPSA) is 60.9 Å². The minimum absolute atomic E-state index is 0.0774. The van der Waals surface area contributed by atoms with Gasteiger partial charge in [-0.15, -0.1) is 13.2 Å². The van der Waals surface area contributed by atoms with Gasteiger partial charge in [0.1, 0.15) is 0 Å². The Bertz CT molecular complexity index is 559. The summed E-state index contributed by atoms with van der Waals surface area (Å²) in [6, 6.07) is 5.56. The van der Waals surface area contributed by atoms with Crippen LogP contribution < -0.4 is 5.73 Å². The molecule has 1 aromatic carbocycles. The van der Waals surface area contributed by atoms with E-state index < -0.39 is 18.0 Å². The number of benzene rings is 1. The molecule has 0 saturated carbocycles. The molecular formula is C9H6F3N3O. The van der Waals surface area contributed by atoms with E-state index in [-0.39, 0.29) is 15.6 Å². The summed E-state index contributed by atoms with van der Waals surface area (Å²) in [5.74, 6) is -2.03. The van der Waals surface area contributed by atoms with Crippen LogP contribution in [0.4, 0.5) is 13.2 Å². The standard InChI is InChI=1S/C9H6F3N3O/c10-9(11,12)15-6-4-2-1-3-5(6)14-8(15)7(13)16/h1-4H,(H2,13,16). The maximum Gasteiger partial charge on any atom is 0.490 e. The molecule has 84 valence electrons. The third kappa shape index (κ3) is 1.50. The summed E-state index contributed by atoms with van der Waals surface area (Å²) in [6.45, 7) is 0. The van der Waals surface area contributed by atoms with Crippen LogP contribution in [0, 0.1) is 0 Å². The van der Waals surface area contributed by atoms with Gasteiger partial charge in [-0.1, -0.05) is 12.1 Å². The maximum absolute atomic E-state index is 12.7. The van der Waals surface area contributed by atoms with Crippen molar-refractivity contribution in [1.29, 1.82) is 0 Å². The number of primary amides is 1. The number of hydrogen-bond acceptors (Lipinski definition) is 2. The van der Waals surface area contributed by atoms with Gasteiger partial charge in [-0.2, -0.15) is 0 Å². The van der Waals surface area contributed by atoms with E-state index in [1.807, 2.05) is 0 Å². The number of para-hydroxylation sites is 2. The van der Waals surface area contributed by atoms with Gasteiger partial charge in [0.05, 0.1) is 11.0 Å². The van der Waals surface area contributed by atoms with Crippen molar-refractivity contribution in [3.05, 3.63) is 30.1 Å². The molecule has 7 heteroatoms. The molecule has 0 unspecified atom stereocenters. The van der Waals surface area contributed by atoms with Crippen molar-refractivity contribution in [2.24, 2.45) is 5.73 Å². The lowest BCUT2D eigenvalue weighted by molar-refractivity contribution is -0.201. The van der Waals surface area contributed by atoms with E-state index in [4.69, 9.17) is 5.73 Å². The SMILES string of the molecule is NC(=O)c1nc2ccccc2n1C(F)(F)F. The summed E-state index contributed by atoms with van der Waals surface area (Å²) in [4.78, 5) is 14.4. The predicted octanol–water partition coefficient (Wildman–Crippen LogP) is 1.61. The second-order valence-corrected chi connectivity index (χ2v) is 3.09. The van der Waals surface area contributed by atoms with Crippen molar-refractivity contribution in [1.82, 2.24) is 9.55 Å². The number of aromatic nitrogens is 2. The number of carbonyl (C=O) groups excluding carboxylic acids is 1. The molecule has 16 heavy (non-hydrogen) atoms. The fraction of sp³-hybridized carbons (Fsp3) is 0.111. The van der Waals surface area contributed by atoms with E-state index in [1.165, 1.54) is 24.3 Å². The highest BCUT2D eigenvalue weighted by Gasteiger charge is 2.36. The first-order chi connectivity index (χ1) is 7.41. The minimum Gasteiger partial charge on any atom is -0.363 e. The Kier molecular flexibility index (Phi) is 2.11. The highest BCUT2D eigenvalue weighted by atomic mass is 19.4. The Morgan fingerprint density at radius 2 is 1.94 bits per heavy atom. The normalized spacial score (nSPS) is 11.9. The van der Waals surface area contributed by atoms with E-state index in [0.717, 1.165) is 0 Å². The second-order valence-electron chi connectivity index (χ2n) is 3.09. The van der Waals surface area contributed by atoms with Crippen LogP contribution in [0.3, 0.4) is 0 Å². The number of fused-ring (bicyclic) bond motifs is 1. The fourth-order valence-corrected chi connectivity index (χ4v) is 1.45. The predicted molar refractivity (Wildman–Crippen MR) is 49.5 cm³/mol. The van der Waals surface area contributed by atoms with Crippen molar-refractivity contribution >= 4 is 16.9 Å². The molecule has 0 bridgehead atoms. The van der Waals surface area contributed by atoms with Crippen molar-refractivity contribution in [3.8, 4) is 0 Å². The number of halogens is 3. The van der Waals surface area contributed by atoms with Gasteiger partial charge in [-0.25, -0.2) is 9.55 Å². The first kappa shape index (κ1) is 10.5. The summed E-state index contributed by atoms with van der Waals surface area (Å²) < 4.78 is 37.9. The Labute approximate surface area is 87.5 Å². The smallest absolute Gasteiger partial charge is 0.363 e. The molecule has 0 aliphatic heterocycles. The number of alkyl halides is 3. The van der Waals surface area contributed by atoms with E-state index in [9.17, 15) is 18.0 Å². The van der Waals surface area contributed by atoms with Crippen molar-refractivity contribution < 1.29 is 18.0 Å². The third-order valence-corrected chi connectivity index (χ3v) is 2.03. The lowest BCUT2D eigenvalue weighted by atomic mass is 10.3. The van der Waals surface area contributed by atoms with Gasteiger partial charge in [0.25, 0.3) is 5.91 Å². The van der Waals surface area contributed by atoms with Gasteiger partial charge in [-0.05, 0) is 12.1 Å². The molecule has 0 spiro atoms. The minimum atomic E-state index is -4.72. The zero-order chi connectivity index (χ0) is 11.9. The van der Waals surface area contributed by atoms with Gasteiger partial charge in [-0.3, -0.25) is 4.79 Å². The number of imidazole rings is 1. The molecule has 0 aliphatic rings. The quantitative estimate of drug-likeness (QED) is 0.807. The molecule has 2 rings (SSSR count). The van der Waals surface area contributed by atoms with Crippen molar-refractivity contribution in [2.75, 3.05) is 0 Å². The van der Waals surface area contributed by atoms with E-state index >= 15 is 0 Å². The number of carbonyl (C=O) groups is 1. The maximum atomic E-state index is 12.7. The van der Waals surface area contributed by atoms with E-state index in [0.29, 0.717) is 0 Å². The van der Waals surface area contributed by atoms with Gasteiger partial charge in [0, 0.05) is 0 Å². The van der Waals surface area contributed by atoms with Gasteiger partial charge in [0.2, 0.25) is 5.82 Å². The highest BCUT2D eigenvalue weighted by Crippen LogP contribution is 2.29. The van der Waals surface area contributed by atoms with Crippen molar-refractivity contribution in [3.63, 3.8) is 0 Å². The van der Waals surface area contributed by atoms with Crippen LogP contribution in [-0.4, -0.2) is 15.5 Å². The summed E-state index contributed by atoms with van der Waals surface area (Å²) in [6.07, 6.45) is -4.72. The van der Waals surface area contributed by atoms with Crippen LogP contribution in [-0.2, 0) is 6.30 Å². The molecule has 1 aromatic heterocycles. The van der Waals surface area contributed by atoms with Crippen molar-refractivity contribution in [2.45, 2.75) is 6.30 Å². The monoisotopic (exact) mass is 229 g/mol. The highest BCUT2D eigenvalue weighted by molar-refractivity contribution is 5.93. The molecule has 2 N–H and O–H groups in total. The summed E-state index contributed by atoms with van der Waals surface area (Å²) in [5, 5.41) is 0. The Hall–Kier alpha value is -2.05. The molecule has 2 aromatic rings. The Morgan fingerprint density at radius 3 is 2.50 bits per heavy atom. The number of nitrogens with zero attached hydrogens (tertiary/aromatic N) is 2. The second kappa shape index (κ2) is 3.22. The molecule has 0 saturated heterocycles. The van der Waals surface area contributed by atoms with Crippen LogP contribution in [0.25, 0.3) is 11.0 Å². The van der Waals surface area contributed by atoms with Crippen LogP contribution in [0.15, 0.2) is 24.3 Å². The van der Waals surface area contributed by atoms with E-state index in [2.05, 4.69) is 4.98 Å². The first-order valence-electron chi connectivity index (χ1n) is 4.26.